The highest BCUT2D eigenvalue weighted by atomic mass is 32.2. The molecule has 22 heavy (non-hydrogen) atoms. The number of carbonyl (C=O) groups is 1. The van der Waals surface area contributed by atoms with Crippen molar-refractivity contribution in [3.05, 3.63) is 24.0 Å². The minimum absolute atomic E-state index is 0.225. The Morgan fingerprint density at radius 1 is 1.41 bits per heavy atom. The van der Waals surface area contributed by atoms with Gasteiger partial charge in [-0.2, -0.15) is 11.8 Å². The highest BCUT2D eigenvalue weighted by Gasteiger charge is 2.39. The normalized spacial score (nSPS) is 30.3. The van der Waals surface area contributed by atoms with Crippen molar-refractivity contribution in [2.75, 3.05) is 35.2 Å². The van der Waals surface area contributed by atoms with Gasteiger partial charge in [0.1, 0.15) is 11.9 Å². The third kappa shape index (κ3) is 2.23. The molecule has 5 nitrogen and oxygen atoms in total. The maximum absolute atomic E-state index is 14.5. The van der Waals surface area contributed by atoms with Gasteiger partial charge in [0.05, 0.1) is 24.5 Å². The molecule has 7 heteroatoms. The van der Waals surface area contributed by atoms with E-state index in [1.165, 1.54) is 11.0 Å². The molecule has 3 aliphatic rings. The lowest BCUT2D eigenvalue weighted by atomic mass is 10.2. The van der Waals surface area contributed by atoms with Gasteiger partial charge in [0.15, 0.2) is 0 Å². The number of cyclic esters (lactones) is 1. The molecule has 1 N–H and O–H groups in total. The van der Waals surface area contributed by atoms with E-state index >= 15 is 0 Å². The van der Waals surface area contributed by atoms with Gasteiger partial charge < -0.3 is 14.7 Å². The van der Waals surface area contributed by atoms with Gasteiger partial charge >= 0.3 is 6.09 Å². The van der Waals surface area contributed by atoms with Crippen LogP contribution in [0.5, 0.6) is 0 Å². The van der Waals surface area contributed by atoms with Crippen molar-refractivity contribution >= 4 is 29.2 Å². The second-order valence-corrected chi connectivity index (χ2v) is 7.27. The van der Waals surface area contributed by atoms with E-state index in [2.05, 4.69) is 4.90 Å². The van der Waals surface area contributed by atoms with Crippen LogP contribution in [0.3, 0.4) is 0 Å². The standard InChI is InChI=1S/C15H17FN2O3S/c16-13-4-9(18-5-11(7-19)21-15(18)20)1-2-14(13)17-6-12-3-10(17)8-22-12/h1-2,4,10-12,19H,3,5-8H2/t10-,11?,12-/m0/s1. The highest BCUT2D eigenvalue weighted by molar-refractivity contribution is 8.00. The molecular formula is C15H17FN2O3S. The summed E-state index contributed by atoms with van der Waals surface area (Å²) in [5, 5.41) is 9.68. The molecule has 1 aromatic rings. The number of amides is 1. The average molecular weight is 324 g/mol. The van der Waals surface area contributed by atoms with Crippen LogP contribution in [-0.2, 0) is 4.74 Å². The summed E-state index contributed by atoms with van der Waals surface area (Å²) < 4.78 is 19.5. The Morgan fingerprint density at radius 3 is 2.86 bits per heavy atom. The summed E-state index contributed by atoms with van der Waals surface area (Å²) >= 11 is 1.97. The summed E-state index contributed by atoms with van der Waals surface area (Å²) in [5.41, 5.74) is 1.09. The summed E-state index contributed by atoms with van der Waals surface area (Å²) in [7, 11) is 0. The van der Waals surface area contributed by atoms with Crippen molar-refractivity contribution in [3.63, 3.8) is 0 Å². The lowest BCUT2D eigenvalue weighted by molar-refractivity contribution is 0.0963. The Hall–Kier alpha value is -1.47. The van der Waals surface area contributed by atoms with Gasteiger partial charge in [-0.1, -0.05) is 0 Å². The number of hydrogen-bond donors (Lipinski definition) is 1. The van der Waals surface area contributed by atoms with Crippen LogP contribution in [0, 0.1) is 5.82 Å². The van der Waals surface area contributed by atoms with E-state index in [1.54, 1.807) is 12.1 Å². The first-order valence-corrected chi connectivity index (χ1v) is 8.47. The van der Waals surface area contributed by atoms with E-state index in [0.29, 0.717) is 22.7 Å². The second-order valence-electron chi connectivity index (χ2n) is 5.93. The summed E-state index contributed by atoms with van der Waals surface area (Å²) in [6, 6.07) is 5.30. The number of anilines is 2. The molecule has 3 heterocycles. The third-order valence-corrected chi connectivity index (χ3v) is 5.92. The molecule has 0 aliphatic carbocycles. The van der Waals surface area contributed by atoms with Gasteiger partial charge in [-0.3, -0.25) is 4.90 Å². The van der Waals surface area contributed by atoms with E-state index in [1.807, 2.05) is 11.8 Å². The van der Waals surface area contributed by atoms with Gasteiger partial charge in [0.2, 0.25) is 0 Å². The Morgan fingerprint density at radius 2 is 2.27 bits per heavy atom. The van der Waals surface area contributed by atoms with E-state index in [9.17, 15) is 9.18 Å². The fraction of sp³-hybridized carbons (Fsp3) is 0.533. The van der Waals surface area contributed by atoms with E-state index in [0.717, 1.165) is 18.7 Å². The maximum Gasteiger partial charge on any atom is 0.414 e. The lowest BCUT2D eigenvalue weighted by Crippen LogP contribution is -2.34. The third-order valence-electron chi connectivity index (χ3n) is 4.53. The van der Waals surface area contributed by atoms with Crippen LogP contribution in [-0.4, -0.2) is 54.0 Å². The zero-order chi connectivity index (χ0) is 15.3. The predicted octanol–water partition coefficient (Wildman–Crippen LogP) is 1.84. The molecule has 3 fully saturated rings. The van der Waals surface area contributed by atoms with Gasteiger partial charge in [-0.15, -0.1) is 0 Å². The number of halogens is 1. The van der Waals surface area contributed by atoms with Crippen LogP contribution in [0.15, 0.2) is 18.2 Å². The number of hydrogen-bond acceptors (Lipinski definition) is 5. The smallest absolute Gasteiger partial charge is 0.414 e. The fourth-order valence-electron chi connectivity index (χ4n) is 3.42. The molecule has 0 aromatic heterocycles. The molecule has 4 rings (SSSR count). The fourth-order valence-corrected chi connectivity index (χ4v) is 4.85. The molecule has 1 aromatic carbocycles. The number of benzene rings is 1. The summed E-state index contributed by atoms with van der Waals surface area (Å²) in [6.07, 6.45) is 0.0482. The number of aliphatic hydroxyl groups is 1. The molecule has 0 radical (unpaired) electrons. The number of aliphatic hydroxyl groups excluding tert-OH is 1. The topological polar surface area (TPSA) is 53.0 Å². The molecule has 118 valence electrons. The minimum atomic E-state index is -0.540. The van der Waals surface area contributed by atoms with Crippen molar-refractivity contribution < 1.29 is 19.0 Å². The molecule has 3 atom stereocenters. The van der Waals surface area contributed by atoms with E-state index in [4.69, 9.17) is 9.84 Å². The molecule has 3 aliphatic heterocycles. The Labute approximate surface area is 132 Å². The van der Waals surface area contributed by atoms with Crippen molar-refractivity contribution in [1.82, 2.24) is 0 Å². The monoisotopic (exact) mass is 324 g/mol. The Bertz CT molecular complexity index is 614. The Balaban J connectivity index is 1.57. The number of nitrogens with zero attached hydrogens (tertiary/aromatic N) is 2. The number of fused-ring (bicyclic) bond motifs is 2. The number of ether oxygens (including phenoxy) is 1. The van der Waals surface area contributed by atoms with Crippen molar-refractivity contribution in [3.8, 4) is 0 Å². The first kappa shape index (κ1) is 14.1. The van der Waals surface area contributed by atoms with Crippen molar-refractivity contribution in [2.24, 2.45) is 0 Å². The molecule has 1 unspecified atom stereocenters. The molecule has 0 saturated carbocycles. The summed E-state index contributed by atoms with van der Waals surface area (Å²) in [4.78, 5) is 15.3. The van der Waals surface area contributed by atoms with Crippen LogP contribution in [0.4, 0.5) is 20.6 Å². The summed E-state index contributed by atoms with van der Waals surface area (Å²) in [5.74, 6) is 0.748. The average Bonchev–Trinajstić information content (AvgIpc) is 3.21. The first-order chi connectivity index (χ1) is 10.7. The van der Waals surface area contributed by atoms with Crippen LogP contribution < -0.4 is 9.80 Å². The van der Waals surface area contributed by atoms with Crippen LogP contribution in [0.1, 0.15) is 6.42 Å². The highest BCUT2D eigenvalue weighted by Crippen LogP contribution is 2.41. The van der Waals surface area contributed by atoms with Crippen LogP contribution in [0.2, 0.25) is 0 Å². The summed E-state index contributed by atoms with van der Waals surface area (Å²) in [6.45, 7) is 0.917. The quantitative estimate of drug-likeness (QED) is 0.919. The van der Waals surface area contributed by atoms with Crippen molar-refractivity contribution in [1.29, 1.82) is 0 Å². The molecular weight excluding hydrogens is 307 g/mol. The van der Waals surface area contributed by atoms with E-state index < -0.39 is 12.2 Å². The van der Waals surface area contributed by atoms with Crippen LogP contribution in [0.25, 0.3) is 0 Å². The van der Waals surface area contributed by atoms with Gasteiger partial charge in [0, 0.05) is 23.6 Å². The molecule has 2 bridgehead atoms. The number of rotatable bonds is 3. The first-order valence-electron chi connectivity index (χ1n) is 7.42. The molecule has 1 amide bonds. The van der Waals surface area contributed by atoms with Crippen molar-refractivity contribution in [2.45, 2.75) is 23.8 Å². The van der Waals surface area contributed by atoms with Crippen LogP contribution >= 0.6 is 11.8 Å². The number of thioether (sulfide) groups is 1. The van der Waals surface area contributed by atoms with Gasteiger partial charge in [-0.25, -0.2) is 9.18 Å². The zero-order valence-electron chi connectivity index (χ0n) is 11.9. The SMILES string of the molecule is O=C1OC(CO)CN1c1ccc(N2C[C@@H]3C[C@H]2CS3)c(F)c1. The molecule has 0 spiro atoms. The number of carbonyl (C=O) groups excluding carboxylic acids is 1. The maximum atomic E-state index is 14.5. The largest absolute Gasteiger partial charge is 0.441 e. The second kappa shape index (κ2) is 5.31. The molecule has 3 saturated heterocycles. The van der Waals surface area contributed by atoms with E-state index in [-0.39, 0.29) is 19.0 Å². The van der Waals surface area contributed by atoms with Gasteiger partial charge in [-0.05, 0) is 24.6 Å². The lowest BCUT2D eigenvalue weighted by Gasteiger charge is -2.29. The Kier molecular flexibility index (Phi) is 3.41. The zero-order valence-corrected chi connectivity index (χ0v) is 12.8. The minimum Gasteiger partial charge on any atom is -0.441 e. The van der Waals surface area contributed by atoms with Gasteiger partial charge in [0.25, 0.3) is 0 Å². The predicted molar refractivity (Wildman–Crippen MR) is 83.1 cm³/mol.